The third kappa shape index (κ3) is 3.42. The molecule has 1 N–H and O–H groups in total. The normalized spacial score (nSPS) is 20.1. The fourth-order valence-electron chi connectivity index (χ4n) is 2.33. The van der Waals surface area contributed by atoms with Gasteiger partial charge in [-0.2, -0.15) is 11.8 Å². The Hall–Kier alpha value is -0.670. The number of hydrogen-bond acceptors (Lipinski definition) is 3. The van der Waals surface area contributed by atoms with Crippen LogP contribution in [0.2, 0.25) is 0 Å². The summed E-state index contributed by atoms with van der Waals surface area (Å²) in [7, 11) is 1.76. The maximum atomic E-state index is 5.49. The van der Waals surface area contributed by atoms with Gasteiger partial charge < -0.3 is 10.1 Å². The molecule has 0 amide bonds. The Balaban J connectivity index is 2.15. The van der Waals surface area contributed by atoms with E-state index in [1.165, 1.54) is 22.6 Å². The minimum Gasteiger partial charge on any atom is -0.496 e. The van der Waals surface area contributed by atoms with E-state index in [-0.39, 0.29) is 0 Å². The van der Waals surface area contributed by atoms with Crippen LogP contribution in [0.3, 0.4) is 0 Å². The smallest absolute Gasteiger partial charge is 0.122 e. The first-order chi connectivity index (χ1) is 8.70. The first kappa shape index (κ1) is 13.8. The molecule has 0 aliphatic carbocycles. The number of ether oxygens (including phenoxy) is 1. The van der Waals surface area contributed by atoms with Crippen molar-refractivity contribution in [2.45, 2.75) is 32.2 Å². The largest absolute Gasteiger partial charge is 0.496 e. The molecule has 1 saturated heterocycles. The summed E-state index contributed by atoms with van der Waals surface area (Å²) in [6.07, 6.45) is 1.07. The molecule has 1 unspecified atom stereocenters. The van der Waals surface area contributed by atoms with E-state index in [1.807, 2.05) is 11.8 Å². The van der Waals surface area contributed by atoms with Crippen LogP contribution < -0.4 is 10.1 Å². The zero-order valence-electron chi connectivity index (χ0n) is 11.5. The van der Waals surface area contributed by atoms with Crippen LogP contribution in [0.25, 0.3) is 0 Å². The SMILES string of the molecule is COc1ccc(C(C)C)cc1CC1CSCCN1. The predicted molar refractivity (Wildman–Crippen MR) is 79.9 cm³/mol. The van der Waals surface area contributed by atoms with Crippen LogP contribution in [-0.4, -0.2) is 31.2 Å². The van der Waals surface area contributed by atoms with Gasteiger partial charge in [-0.15, -0.1) is 0 Å². The summed E-state index contributed by atoms with van der Waals surface area (Å²) >= 11 is 2.04. The highest BCUT2D eigenvalue weighted by atomic mass is 32.2. The molecule has 0 bridgehead atoms. The van der Waals surface area contributed by atoms with Crippen LogP contribution in [0, 0.1) is 0 Å². The molecule has 1 aliphatic rings. The summed E-state index contributed by atoms with van der Waals surface area (Å²) in [5, 5.41) is 3.59. The maximum Gasteiger partial charge on any atom is 0.122 e. The lowest BCUT2D eigenvalue weighted by Gasteiger charge is -2.24. The number of hydrogen-bond donors (Lipinski definition) is 1. The van der Waals surface area contributed by atoms with E-state index >= 15 is 0 Å². The lowest BCUT2D eigenvalue weighted by Crippen LogP contribution is -2.38. The molecule has 1 aromatic carbocycles. The molecule has 1 heterocycles. The molecule has 0 radical (unpaired) electrons. The Morgan fingerprint density at radius 3 is 2.89 bits per heavy atom. The highest BCUT2D eigenvalue weighted by Gasteiger charge is 2.16. The average molecular weight is 265 g/mol. The second kappa shape index (κ2) is 6.48. The molecule has 1 fully saturated rings. The molecule has 100 valence electrons. The van der Waals surface area contributed by atoms with Crippen molar-refractivity contribution in [1.82, 2.24) is 5.32 Å². The van der Waals surface area contributed by atoms with Crippen LogP contribution in [0.5, 0.6) is 5.75 Å². The van der Waals surface area contributed by atoms with Crippen molar-refractivity contribution in [2.75, 3.05) is 25.2 Å². The van der Waals surface area contributed by atoms with Crippen LogP contribution >= 0.6 is 11.8 Å². The zero-order valence-corrected chi connectivity index (χ0v) is 12.3. The molecule has 0 aromatic heterocycles. The number of benzene rings is 1. The van der Waals surface area contributed by atoms with E-state index in [1.54, 1.807) is 7.11 Å². The standard InChI is InChI=1S/C15H23NOS/c1-11(2)12-4-5-15(17-3)13(8-12)9-14-10-18-7-6-16-14/h4-5,8,11,14,16H,6-7,9-10H2,1-3H3. The Kier molecular flexibility index (Phi) is 4.95. The molecular weight excluding hydrogens is 242 g/mol. The third-order valence-electron chi connectivity index (χ3n) is 3.44. The fourth-order valence-corrected chi connectivity index (χ4v) is 3.28. The molecule has 1 aliphatic heterocycles. The lowest BCUT2D eigenvalue weighted by molar-refractivity contribution is 0.406. The van der Waals surface area contributed by atoms with E-state index in [9.17, 15) is 0 Å². The van der Waals surface area contributed by atoms with E-state index in [4.69, 9.17) is 4.74 Å². The highest BCUT2D eigenvalue weighted by molar-refractivity contribution is 7.99. The topological polar surface area (TPSA) is 21.3 Å². The van der Waals surface area contributed by atoms with Gasteiger partial charge in [0.1, 0.15) is 5.75 Å². The van der Waals surface area contributed by atoms with Crippen molar-refractivity contribution in [3.05, 3.63) is 29.3 Å². The van der Waals surface area contributed by atoms with Crippen molar-refractivity contribution in [3.63, 3.8) is 0 Å². The van der Waals surface area contributed by atoms with Gasteiger partial charge in [-0.1, -0.05) is 26.0 Å². The first-order valence-corrected chi connectivity index (χ1v) is 7.84. The Bertz CT molecular complexity index is 386. The van der Waals surface area contributed by atoms with Gasteiger partial charge in [0.15, 0.2) is 0 Å². The van der Waals surface area contributed by atoms with Gasteiger partial charge in [-0.05, 0) is 29.5 Å². The predicted octanol–water partition coefficient (Wildman–Crippen LogP) is 3.07. The Morgan fingerprint density at radius 2 is 2.28 bits per heavy atom. The molecule has 1 atom stereocenters. The van der Waals surface area contributed by atoms with E-state index in [2.05, 4.69) is 37.4 Å². The zero-order chi connectivity index (χ0) is 13.0. The van der Waals surface area contributed by atoms with Crippen LogP contribution in [-0.2, 0) is 6.42 Å². The minimum absolute atomic E-state index is 0.573. The molecule has 1 aromatic rings. The van der Waals surface area contributed by atoms with Gasteiger partial charge in [0, 0.05) is 24.1 Å². The van der Waals surface area contributed by atoms with Crippen molar-refractivity contribution in [3.8, 4) is 5.75 Å². The van der Waals surface area contributed by atoms with E-state index < -0.39 is 0 Å². The fraction of sp³-hybridized carbons (Fsp3) is 0.600. The summed E-state index contributed by atoms with van der Waals surface area (Å²) in [5.74, 6) is 4.04. The molecular formula is C15H23NOS. The highest BCUT2D eigenvalue weighted by Crippen LogP contribution is 2.26. The second-order valence-corrected chi connectivity index (χ2v) is 6.31. The quantitative estimate of drug-likeness (QED) is 0.904. The lowest BCUT2D eigenvalue weighted by atomic mass is 9.97. The summed E-state index contributed by atoms with van der Waals surface area (Å²) in [5.41, 5.74) is 2.73. The van der Waals surface area contributed by atoms with Gasteiger partial charge in [0.25, 0.3) is 0 Å². The van der Waals surface area contributed by atoms with E-state index in [0.717, 1.165) is 18.7 Å². The van der Waals surface area contributed by atoms with Crippen molar-refractivity contribution in [1.29, 1.82) is 0 Å². The Morgan fingerprint density at radius 1 is 1.44 bits per heavy atom. The van der Waals surface area contributed by atoms with Crippen LogP contribution in [0.4, 0.5) is 0 Å². The minimum atomic E-state index is 0.573. The molecule has 0 saturated carbocycles. The summed E-state index contributed by atoms with van der Waals surface area (Å²) in [6, 6.07) is 7.18. The Labute approximate surface area is 114 Å². The third-order valence-corrected chi connectivity index (χ3v) is 4.57. The number of methoxy groups -OCH3 is 1. The summed E-state index contributed by atoms with van der Waals surface area (Å²) in [4.78, 5) is 0. The first-order valence-electron chi connectivity index (χ1n) is 6.68. The molecule has 0 spiro atoms. The number of nitrogens with one attached hydrogen (secondary N) is 1. The maximum absolute atomic E-state index is 5.49. The number of rotatable bonds is 4. The second-order valence-electron chi connectivity index (χ2n) is 5.16. The summed E-state index contributed by atoms with van der Waals surface area (Å²) < 4.78 is 5.49. The van der Waals surface area contributed by atoms with Crippen LogP contribution in [0.1, 0.15) is 30.9 Å². The molecule has 3 heteroatoms. The van der Waals surface area contributed by atoms with Crippen molar-refractivity contribution < 1.29 is 4.74 Å². The molecule has 2 nitrogen and oxygen atoms in total. The van der Waals surface area contributed by atoms with Gasteiger partial charge in [0.2, 0.25) is 0 Å². The monoisotopic (exact) mass is 265 g/mol. The average Bonchev–Trinajstić information content (AvgIpc) is 2.39. The van der Waals surface area contributed by atoms with Gasteiger partial charge in [0.05, 0.1) is 7.11 Å². The van der Waals surface area contributed by atoms with Gasteiger partial charge in [-0.25, -0.2) is 0 Å². The molecule has 18 heavy (non-hydrogen) atoms. The van der Waals surface area contributed by atoms with Gasteiger partial charge >= 0.3 is 0 Å². The number of thioether (sulfide) groups is 1. The van der Waals surface area contributed by atoms with Crippen molar-refractivity contribution in [2.24, 2.45) is 0 Å². The van der Waals surface area contributed by atoms with Crippen LogP contribution in [0.15, 0.2) is 18.2 Å². The van der Waals surface area contributed by atoms with Gasteiger partial charge in [-0.3, -0.25) is 0 Å². The summed E-state index contributed by atoms with van der Waals surface area (Å²) in [6.45, 7) is 5.60. The van der Waals surface area contributed by atoms with Crippen molar-refractivity contribution >= 4 is 11.8 Å². The molecule has 2 rings (SSSR count). The van der Waals surface area contributed by atoms with E-state index in [0.29, 0.717) is 12.0 Å².